The Morgan fingerprint density at radius 1 is 1.53 bits per heavy atom. The van der Waals surface area contributed by atoms with Crippen molar-refractivity contribution in [1.82, 2.24) is 5.32 Å². The molecular weight excluding hydrogens is 284 g/mol. The summed E-state index contributed by atoms with van der Waals surface area (Å²) in [5.41, 5.74) is 0.699. The predicted octanol–water partition coefficient (Wildman–Crippen LogP) is 2.90. The fourth-order valence-electron chi connectivity index (χ4n) is 1.55. The van der Waals surface area contributed by atoms with Crippen molar-refractivity contribution in [1.29, 1.82) is 0 Å². The van der Waals surface area contributed by atoms with Crippen LogP contribution in [0.1, 0.15) is 11.7 Å². The molecule has 0 aromatic heterocycles. The van der Waals surface area contributed by atoms with E-state index >= 15 is 0 Å². The molecule has 82 valence electrons. The van der Waals surface area contributed by atoms with Crippen LogP contribution >= 0.6 is 27.5 Å². The molecule has 1 saturated heterocycles. The molecule has 1 heterocycles. The van der Waals surface area contributed by atoms with Gasteiger partial charge < -0.3 is 10.1 Å². The lowest BCUT2D eigenvalue weighted by Crippen LogP contribution is -2.33. The molecule has 2 rings (SSSR count). The molecule has 0 radical (unpaired) electrons. The van der Waals surface area contributed by atoms with Gasteiger partial charge in [0, 0.05) is 18.7 Å². The molecule has 0 spiro atoms. The van der Waals surface area contributed by atoms with E-state index in [-0.39, 0.29) is 11.1 Å². The largest absolute Gasteiger partial charge is 0.371 e. The monoisotopic (exact) mass is 293 g/mol. The normalized spacial score (nSPS) is 21.7. The molecule has 1 unspecified atom stereocenters. The van der Waals surface area contributed by atoms with Gasteiger partial charge in [0.05, 0.1) is 22.2 Å². The van der Waals surface area contributed by atoms with E-state index < -0.39 is 5.82 Å². The van der Waals surface area contributed by atoms with Crippen LogP contribution in [0.2, 0.25) is 5.02 Å². The van der Waals surface area contributed by atoms with Crippen LogP contribution in [0.15, 0.2) is 16.6 Å². The Bertz CT molecular complexity index is 369. The van der Waals surface area contributed by atoms with Gasteiger partial charge in [-0.2, -0.15) is 0 Å². The van der Waals surface area contributed by atoms with E-state index in [1.54, 1.807) is 12.1 Å². The Kier molecular flexibility index (Phi) is 3.61. The van der Waals surface area contributed by atoms with Crippen molar-refractivity contribution in [3.8, 4) is 0 Å². The topological polar surface area (TPSA) is 21.3 Å². The molecule has 1 N–H and O–H groups in total. The van der Waals surface area contributed by atoms with Crippen molar-refractivity contribution in [3.63, 3.8) is 0 Å². The number of benzene rings is 1. The van der Waals surface area contributed by atoms with Crippen molar-refractivity contribution in [2.45, 2.75) is 6.10 Å². The summed E-state index contributed by atoms with van der Waals surface area (Å²) < 4.78 is 19.4. The molecule has 1 aromatic carbocycles. The number of rotatable bonds is 1. The molecule has 0 aliphatic carbocycles. The van der Waals surface area contributed by atoms with Crippen LogP contribution in [0.3, 0.4) is 0 Å². The minimum atomic E-state index is -0.427. The highest BCUT2D eigenvalue weighted by molar-refractivity contribution is 9.10. The molecule has 0 amide bonds. The van der Waals surface area contributed by atoms with Crippen molar-refractivity contribution in [3.05, 3.63) is 33.0 Å². The average Bonchev–Trinajstić information content (AvgIpc) is 2.27. The molecule has 1 aliphatic rings. The molecular formula is C10H10BrClFNO. The smallest absolute Gasteiger partial charge is 0.156 e. The summed E-state index contributed by atoms with van der Waals surface area (Å²) in [4.78, 5) is 0. The summed E-state index contributed by atoms with van der Waals surface area (Å²) in [7, 11) is 0. The molecule has 2 nitrogen and oxygen atoms in total. The van der Waals surface area contributed by atoms with Gasteiger partial charge in [-0.1, -0.05) is 17.7 Å². The first-order valence-corrected chi connectivity index (χ1v) is 5.83. The molecule has 15 heavy (non-hydrogen) atoms. The van der Waals surface area contributed by atoms with Crippen LogP contribution in [0, 0.1) is 5.82 Å². The van der Waals surface area contributed by atoms with E-state index in [0.717, 1.165) is 6.54 Å². The third-order valence-corrected chi connectivity index (χ3v) is 3.34. The molecule has 0 saturated carbocycles. The molecule has 1 aliphatic heterocycles. The van der Waals surface area contributed by atoms with Gasteiger partial charge in [0.25, 0.3) is 0 Å². The van der Waals surface area contributed by atoms with E-state index in [0.29, 0.717) is 23.2 Å². The molecule has 1 aromatic rings. The van der Waals surface area contributed by atoms with Crippen LogP contribution < -0.4 is 5.32 Å². The highest BCUT2D eigenvalue weighted by Crippen LogP contribution is 2.32. The maximum Gasteiger partial charge on any atom is 0.156 e. The van der Waals surface area contributed by atoms with Crippen LogP contribution in [-0.4, -0.2) is 19.7 Å². The van der Waals surface area contributed by atoms with Crippen LogP contribution in [-0.2, 0) is 4.74 Å². The second-order valence-electron chi connectivity index (χ2n) is 3.33. The minimum absolute atomic E-state index is 0.137. The summed E-state index contributed by atoms with van der Waals surface area (Å²) >= 11 is 9.01. The number of hydrogen-bond acceptors (Lipinski definition) is 2. The zero-order valence-electron chi connectivity index (χ0n) is 7.90. The Morgan fingerprint density at radius 2 is 2.33 bits per heavy atom. The lowest BCUT2D eigenvalue weighted by atomic mass is 10.1. The quantitative estimate of drug-likeness (QED) is 0.804. The highest BCUT2D eigenvalue weighted by Gasteiger charge is 2.21. The molecule has 5 heteroatoms. The third-order valence-electron chi connectivity index (χ3n) is 2.34. The highest BCUT2D eigenvalue weighted by atomic mass is 79.9. The number of nitrogens with one attached hydrogen (secondary N) is 1. The zero-order valence-corrected chi connectivity index (χ0v) is 10.2. The number of morpholine rings is 1. The maximum absolute atomic E-state index is 13.5. The van der Waals surface area contributed by atoms with E-state index in [2.05, 4.69) is 21.2 Å². The zero-order chi connectivity index (χ0) is 10.8. The van der Waals surface area contributed by atoms with Crippen LogP contribution in [0.25, 0.3) is 0 Å². The van der Waals surface area contributed by atoms with Gasteiger partial charge >= 0.3 is 0 Å². The van der Waals surface area contributed by atoms with E-state index in [9.17, 15) is 4.39 Å². The Morgan fingerprint density at radius 3 is 3.00 bits per heavy atom. The van der Waals surface area contributed by atoms with Gasteiger partial charge in [-0.3, -0.25) is 0 Å². The van der Waals surface area contributed by atoms with Crippen molar-refractivity contribution < 1.29 is 9.13 Å². The Balaban J connectivity index is 2.31. The van der Waals surface area contributed by atoms with Crippen molar-refractivity contribution in [2.24, 2.45) is 0 Å². The average molecular weight is 295 g/mol. The molecule has 0 bridgehead atoms. The minimum Gasteiger partial charge on any atom is -0.371 e. The lowest BCUT2D eigenvalue weighted by molar-refractivity contribution is 0.0276. The fourth-order valence-corrected chi connectivity index (χ4v) is 2.29. The van der Waals surface area contributed by atoms with E-state index in [4.69, 9.17) is 16.3 Å². The van der Waals surface area contributed by atoms with Gasteiger partial charge in [0.2, 0.25) is 0 Å². The first-order chi connectivity index (χ1) is 7.20. The summed E-state index contributed by atoms with van der Waals surface area (Å²) in [6, 6.07) is 3.43. The number of hydrogen-bond donors (Lipinski definition) is 1. The fraction of sp³-hybridized carbons (Fsp3) is 0.400. The van der Waals surface area contributed by atoms with Gasteiger partial charge in [-0.05, 0) is 22.0 Å². The second kappa shape index (κ2) is 4.78. The van der Waals surface area contributed by atoms with Gasteiger partial charge in [0.15, 0.2) is 5.82 Å². The standard InChI is InChI=1S/C10H10BrClFNO/c11-7-2-1-6(9(12)10(7)13)8-5-14-3-4-15-8/h1-2,8,14H,3-5H2. The first-order valence-electron chi connectivity index (χ1n) is 4.66. The lowest BCUT2D eigenvalue weighted by Gasteiger charge is -2.24. The Labute approximate surface area is 101 Å². The second-order valence-corrected chi connectivity index (χ2v) is 4.56. The Hall–Kier alpha value is -0.160. The summed E-state index contributed by atoms with van der Waals surface area (Å²) in [5.74, 6) is -0.427. The van der Waals surface area contributed by atoms with E-state index in [1.807, 2.05) is 0 Å². The summed E-state index contributed by atoms with van der Waals surface area (Å²) in [5, 5.41) is 3.31. The first kappa shape index (κ1) is 11.3. The summed E-state index contributed by atoms with van der Waals surface area (Å²) in [6.45, 7) is 2.12. The predicted molar refractivity (Wildman–Crippen MR) is 60.7 cm³/mol. The molecule has 1 atom stereocenters. The van der Waals surface area contributed by atoms with Gasteiger partial charge in [0.1, 0.15) is 0 Å². The SMILES string of the molecule is Fc1c(Br)ccc(C2CNCCO2)c1Cl. The van der Waals surface area contributed by atoms with Crippen LogP contribution in [0.4, 0.5) is 4.39 Å². The van der Waals surface area contributed by atoms with E-state index in [1.165, 1.54) is 0 Å². The third kappa shape index (κ3) is 2.33. The maximum atomic E-state index is 13.5. The number of ether oxygens (including phenoxy) is 1. The van der Waals surface area contributed by atoms with Crippen molar-refractivity contribution in [2.75, 3.05) is 19.7 Å². The molecule has 1 fully saturated rings. The van der Waals surface area contributed by atoms with Gasteiger partial charge in [-0.25, -0.2) is 4.39 Å². The van der Waals surface area contributed by atoms with Gasteiger partial charge in [-0.15, -0.1) is 0 Å². The van der Waals surface area contributed by atoms with Crippen LogP contribution in [0.5, 0.6) is 0 Å². The summed E-state index contributed by atoms with van der Waals surface area (Å²) in [6.07, 6.45) is -0.158. The van der Waals surface area contributed by atoms with Crippen molar-refractivity contribution >= 4 is 27.5 Å². The number of halogens is 3.